The molecule has 0 atom stereocenters. The summed E-state index contributed by atoms with van der Waals surface area (Å²) in [6.07, 6.45) is 10.2. The molecule has 0 aromatic heterocycles. The Balaban J connectivity index is 1.11. The van der Waals surface area contributed by atoms with Crippen molar-refractivity contribution in [3.63, 3.8) is 0 Å². The van der Waals surface area contributed by atoms with E-state index in [1.165, 1.54) is 129 Å². The summed E-state index contributed by atoms with van der Waals surface area (Å²) in [5.41, 5.74) is 20.1. The SMILES string of the molecule is c1ccc2c(c1)-c1ccc(-c3cc(-c4ccc5c(c4)C4(CCCC4)c4ccccc4-5)cc(-c4c5ccccc5cc5ccccc45)c3)cc1C21CCCC1. The van der Waals surface area contributed by atoms with Crippen molar-refractivity contribution < 1.29 is 0 Å². The van der Waals surface area contributed by atoms with Crippen LogP contribution in [0.3, 0.4) is 0 Å². The van der Waals surface area contributed by atoms with E-state index in [-0.39, 0.29) is 10.8 Å². The van der Waals surface area contributed by atoms with Gasteiger partial charge in [0.05, 0.1) is 0 Å². The van der Waals surface area contributed by atoms with Gasteiger partial charge in [0.25, 0.3) is 0 Å². The smallest absolute Gasteiger partial charge is 0.0215 e. The summed E-state index contributed by atoms with van der Waals surface area (Å²) in [6.45, 7) is 0. The van der Waals surface area contributed by atoms with Gasteiger partial charge in [-0.25, -0.2) is 0 Å². The number of fused-ring (bicyclic) bond motifs is 12. The quantitative estimate of drug-likeness (QED) is 0.162. The monoisotopic (exact) mass is 690 g/mol. The molecule has 4 aliphatic carbocycles. The maximum atomic E-state index is 2.58. The first-order chi connectivity index (χ1) is 26.7. The highest BCUT2D eigenvalue weighted by Crippen LogP contribution is 2.59. The van der Waals surface area contributed by atoms with Crippen molar-refractivity contribution in [2.75, 3.05) is 0 Å². The highest BCUT2D eigenvalue weighted by Gasteiger charge is 2.46. The molecular formula is C54H42. The summed E-state index contributed by atoms with van der Waals surface area (Å²) in [4.78, 5) is 0. The highest BCUT2D eigenvalue weighted by atomic mass is 14.5. The van der Waals surface area contributed by atoms with Gasteiger partial charge in [-0.3, -0.25) is 0 Å². The summed E-state index contributed by atoms with van der Waals surface area (Å²) in [5, 5.41) is 5.19. The van der Waals surface area contributed by atoms with Crippen LogP contribution in [0.15, 0.2) is 158 Å². The molecule has 0 saturated heterocycles. The van der Waals surface area contributed by atoms with Gasteiger partial charge in [0, 0.05) is 10.8 Å². The Morgan fingerprint density at radius 2 is 0.704 bits per heavy atom. The molecule has 2 fully saturated rings. The molecule has 0 heterocycles. The van der Waals surface area contributed by atoms with Gasteiger partial charge in [0.15, 0.2) is 0 Å². The Bertz CT molecular complexity index is 2650. The molecule has 258 valence electrons. The zero-order chi connectivity index (χ0) is 35.4. The van der Waals surface area contributed by atoms with Gasteiger partial charge in [0.1, 0.15) is 0 Å². The first kappa shape index (κ1) is 30.7. The van der Waals surface area contributed by atoms with Gasteiger partial charge < -0.3 is 0 Å². The van der Waals surface area contributed by atoms with E-state index in [0.717, 1.165) is 0 Å². The molecule has 0 unspecified atom stereocenters. The van der Waals surface area contributed by atoms with Crippen molar-refractivity contribution in [1.82, 2.24) is 0 Å². The maximum absolute atomic E-state index is 2.58. The standard InChI is InChI=1S/C54H42/c1-3-15-42-37(13-1)29-38-14-2-4-16-43(38)52(42)41-31-39(35-21-23-46-44-17-5-7-19-48(44)53(50(46)33-35)25-9-10-26-53)30-40(32-41)36-22-24-47-45-18-6-8-20-49(45)54(51(47)34-36)27-11-12-28-54/h1-8,13-24,29-34H,9-12,25-28H2. The highest BCUT2D eigenvalue weighted by molar-refractivity contribution is 6.13. The first-order valence-electron chi connectivity index (χ1n) is 20.3. The molecule has 12 rings (SSSR count). The second-order valence-electron chi connectivity index (χ2n) is 16.7. The Kier molecular flexibility index (Phi) is 6.48. The van der Waals surface area contributed by atoms with E-state index < -0.39 is 0 Å². The number of rotatable bonds is 3. The van der Waals surface area contributed by atoms with Crippen molar-refractivity contribution in [1.29, 1.82) is 0 Å². The fraction of sp³-hybridized carbons (Fsp3) is 0.185. The van der Waals surface area contributed by atoms with Crippen LogP contribution in [0.1, 0.15) is 73.6 Å². The average molecular weight is 691 g/mol. The van der Waals surface area contributed by atoms with E-state index in [1.54, 1.807) is 22.3 Å². The third-order valence-corrected chi connectivity index (χ3v) is 14.1. The molecule has 8 aromatic rings. The van der Waals surface area contributed by atoms with Crippen LogP contribution >= 0.6 is 0 Å². The third-order valence-electron chi connectivity index (χ3n) is 14.1. The van der Waals surface area contributed by atoms with Crippen LogP contribution in [0.25, 0.3) is 77.2 Å². The second kappa shape index (κ2) is 11.4. The van der Waals surface area contributed by atoms with E-state index in [4.69, 9.17) is 0 Å². The molecule has 54 heavy (non-hydrogen) atoms. The minimum Gasteiger partial charge on any atom is -0.0619 e. The summed E-state index contributed by atoms with van der Waals surface area (Å²) in [6, 6.07) is 61.1. The van der Waals surface area contributed by atoms with Crippen LogP contribution in [-0.2, 0) is 10.8 Å². The Hall–Kier alpha value is -5.72. The second-order valence-corrected chi connectivity index (χ2v) is 16.7. The summed E-state index contributed by atoms with van der Waals surface area (Å²) >= 11 is 0. The van der Waals surface area contributed by atoms with E-state index in [9.17, 15) is 0 Å². The molecule has 4 aliphatic rings. The maximum Gasteiger partial charge on any atom is 0.0215 e. The van der Waals surface area contributed by atoms with Crippen LogP contribution in [-0.4, -0.2) is 0 Å². The van der Waals surface area contributed by atoms with E-state index in [1.807, 2.05) is 0 Å². The lowest BCUT2D eigenvalue weighted by molar-refractivity contribution is 0.550. The Morgan fingerprint density at radius 3 is 1.20 bits per heavy atom. The van der Waals surface area contributed by atoms with Gasteiger partial charge in [0.2, 0.25) is 0 Å². The van der Waals surface area contributed by atoms with Crippen LogP contribution in [0.5, 0.6) is 0 Å². The molecule has 0 aliphatic heterocycles. The van der Waals surface area contributed by atoms with E-state index >= 15 is 0 Å². The first-order valence-corrected chi connectivity index (χ1v) is 20.3. The predicted octanol–water partition coefficient (Wildman–Crippen LogP) is 14.7. The van der Waals surface area contributed by atoms with Gasteiger partial charge in [-0.15, -0.1) is 0 Å². The zero-order valence-corrected chi connectivity index (χ0v) is 30.7. The summed E-state index contributed by atoms with van der Waals surface area (Å²) in [5.74, 6) is 0. The molecule has 0 radical (unpaired) electrons. The minimum absolute atomic E-state index is 0.138. The fourth-order valence-electron chi connectivity index (χ4n) is 11.7. The number of hydrogen-bond donors (Lipinski definition) is 0. The molecule has 2 saturated carbocycles. The third kappa shape index (κ3) is 4.20. The van der Waals surface area contributed by atoms with Crippen LogP contribution in [0.4, 0.5) is 0 Å². The largest absolute Gasteiger partial charge is 0.0619 e. The molecular weight excluding hydrogens is 649 g/mol. The molecule has 0 N–H and O–H groups in total. The van der Waals surface area contributed by atoms with E-state index in [0.29, 0.717) is 0 Å². The zero-order valence-electron chi connectivity index (χ0n) is 30.7. The van der Waals surface area contributed by atoms with Crippen LogP contribution in [0.2, 0.25) is 0 Å². The van der Waals surface area contributed by atoms with E-state index in [2.05, 4.69) is 158 Å². The number of benzene rings is 8. The molecule has 0 bridgehead atoms. The van der Waals surface area contributed by atoms with Crippen molar-refractivity contribution in [3.05, 3.63) is 180 Å². The fourth-order valence-corrected chi connectivity index (χ4v) is 11.7. The van der Waals surface area contributed by atoms with Gasteiger partial charge in [-0.2, -0.15) is 0 Å². The van der Waals surface area contributed by atoms with Crippen LogP contribution in [0, 0.1) is 0 Å². The van der Waals surface area contributed by atoms with Crippen molar-refractivity contribution in [2.24, 2.45) is 0 Å². The molecule has 0 nitrogen and oxygen atoms in total. The Labute approximate surface area is 318 Å². The lowest BCUT2D eigenvalue weighted by atomic mass is 9.76. The Morgan fingerprint density at radius 1 is 0.296 bits per heavy atom. The minimum atomic E-state index is 0.138. The average Bonchev–Trinajstić information content (AvgIpc) is 4.04. The summed E-state index contributed by atoms with van der Waals surface area (Å²) in [7, 11) is 0. The van der Waals surface area contributed by atoms with Gasteiger partial charge in [-0.1, -0.05) is 147 Å². The predicted molar refractivity (Wildman–Crippen MR) is 227 cm³/mol. The van der Waals surface area contributed by atoms with Gasteiger partial charge in [-0.05, 0) is 162 Å². The normalized spacial score (nSPS) is 17.0. The molecule has 0 heteroatoms. The number of hydrogen-bond acceptors (Lipinski definition) is 0. The lowest BCUT2D eigenvalue weighted by Gasteiger charge is -2.27. The van der Waals surface area contributed by atoms with Crippen LogP contribution < -0.4 is 0 Å². The van der Waals surface area contributed by atoms with Crippen molar-refractivity contribution in [2.45, 2.75) is 62.2 Å². The lowest BCUT2D eigenvalue weighted by Crippen LogP contribution is -2.20. The van der Waals surface area contributed by atoms with Crippen molar-refractivity contribution in [3.8, 4) is 55.6 Å². The van der Waals surface area contributed by atoms with Gasteiger partial charge >= 0.3 is 0 Å². The topological polar surface area (TPSA) is 0 Å². The molecule has 8 aromatic carbocycles. The summed E-state index contributed by atoms with van der Waals surface area (Å²) < 4.78 is 0. The molecule has 2 spiro atoms. The molecule has 0 amide bonds. The van der Waals surface area contributed by atoms with Crippen molar-refractivity contribution >= 4 is 21.5 Å².